The first kappa shape index (κ1) is 9.23. The molecule has 1 amide bonds. The summed E-state index contributed by atoms with van der Waals surface area (Å²) in [5.41, 5.74) is 4.93. The second-order valence-corrected chi connectivity index (χ2v) is 3.54. The smallest absolute Gasteiger partial charge is 0.223 e. The van der Waals surface area contributed by atoms with Crippen LogP contribution >= 0.6 is 0 Å². The molecule has 68 valence electrons. The molecule has 0 aromatic carbocycles. The van der Waals surface area contributed by atoms with Crippen molar-refractivity contribution in [2.75, 3.05) is 0 Å². The van der Waals surface area contributed by atoms with Gasteiger partial charge >= 0.3 is 0 Å². The third-order valence-corrected chi connectivity index (χ3v) is 2.96. The molecule has 0 aliphatic heterocycles. The number of hydrogen-bond acceptors (Lipinski definition) is 2. The van der Waals surface area contributed by atoms with Gasteiger partial charge < -0.3 is 5.73 Å². The average molecular weight is 169 g/mol. The molecule has 1 saturated carbocycles. The van der Waals surface area contributed by atoms with Gasteiger partial charge in [-0.2, -0.15) is 0 Å². The maximum atomic E-state index is 11.1. The first-order chi connectivity index (χ1) is 5.60. The number of carbonyl (C=O) groups excluding carboxylic acids is 2. The summed E-state index contributed by atoms with van der Waals surface area (Å²) >= 11 is 0. The van der Waals surface area contributed by atoms with Crippen molar-refractivity contribution in [2.45, 2.75) is 39.0 Å². The van der Waals surface area contributed by atoms with Crippen molar-refractivity contribution in [3.63, 3.8) is 0 Å². The van der Waals surface area contributed by atoms with Crippen LogP contribution < -0.4 is 5.73 Å². The zero-order valence-corrected chi connectivity index (χ0v) is 7.43. The summed E-state index contributed by atoms with van der Waals surface area (Å²) in [6.45, 7) is 1.96. The molecule has 1 fully saturated rings. The second kappa shape index (κ2) is 3.25. The van der Waals surface area contributed by atoms with Crippen molar-refractivity contribution in [1.82, 2.24) is 0 Å². The number of hydrogen-bond donors (Lipinski definition) is 1. The van der Waals surface area contributed by atoms with Gasteiger partial charge in [0.05, 0.1) is 0 Å². The predicted molar refractivity (Wildman–Crippen MR) is 45.4 cm³/mol. The van der Waals surface area contributed by atoms with Crippen LogP contribution in [0.3, 0.4) is 0 Å². The molecule has 0 unspecified atom stereocenters. The molecule has 3 heteroatoms. The molecule has 0 heterocycles. The van der Waals surface area contributed by atoms with Crippen LogP contribution in [0.15, 0.2) is 0 Å². The molecule has 1 rings (SSSR count). The van der Waals surface area contributed by atoms with Crippen LogP contribution in [0.4, 0.5) is 0 Å². The lowest BCUT2D eigenvalue weighted by Crippen LogP contribution is -2.39. The Morgan fingerprint density at radius 3 is 2.33 bits per heavy atom. The fourth-order valence-corrected chi connectivity index (χ4v) is 1.78. The lowest BCUT2D eigenvalue weighted by molar-refractivity contribution is -0.133. The summed E-state index contributed by atoms with van der Waals surface area (Å²) in [5, 5.41) is 0. The molecule has 0 aromatic rings. The summed E-state index contributed by atoms with van der Waals surface area (Å²) in [4.78, 5) is 22.1. The van der Waals surface area contributed by atoms with Crippen LogP contribution in [0.1, 0.15) is 39.0 Å². The lowest BCUT2D eigenvalue weighted by atomic mass is 9.71. The van der Waals surface area contributed by atoms with E-state index >= 15 is 0 Å². The molecular weight excluding hydrogens is 154 g/mol. The number of amides is 1. The number of Topliss-reactive ketones (excluding diaryl/α,β-unsaturated/α-hetero) is 1. The summed E-state index contributed by atoms with van der Waals surface area (Å²) in [6.07, 6.45) is 3.11. The van der Waals surface area contributed by atoms with Crippen molar-refractivity contribution in [2.24, 2.45) is 11.1 Å². The Morgan fingerprint density at radius 1 is 1.50 bits per heavy atom. The van der Waals surface area contributed by atoms with E-state index in [0.717, 1.165) is 6.42 Å². The Bertz CT molecular complexity index is 201. The second-order valence-electron chi connectivity index (χ2n) is 3.54. The molecule has 3 nitrogen and oxygen atoms in total. The molecule has 0 bridgehead atoms. The number of rotatable bonds is 2. The van der Waals surface area contributed by atoms with Crippen LogP contribution in [0.2, 0.25) is 0 Å². The van der Waals surface area contributed by atoms with E-state index in [0.29, 0.717) is 25.7 Å². The molecule has 1 aliphatic carbocycles. The fourth-order valence-electron chi connectivity index (χ4n) is 1.78. The highest BCUT2D eigenvalue weighted by molar-refractivity contribution is 5.86. The van der Waals surface area contributed by atoms with E-state index in [-0.39, 0.29) is 17.1 Å². The Labute approximate surface area is 72.3 Å². The molecule has 12 heavy (non-hydrogen) atoms. The maximum absolute atomic E-state index is 11.1. The van der Waals surface area contributed by atoms with Gasteiger partial charge in [-0.05, 0) is 19.3 Å². The van der Waals surface area contributed by atoms with Gasteiger partial charge in [0.2, 0.25) is 5.91 Å². The first-order valence-corrected chi connectivity index (χ1v) is 4.42. The number of nitrogens with two attached hydrogens (primary N) is 1. The van der Waals surface area contributed by atoms with E-state index in [2.05, 4.69) is 0 Å². The largest absolute Gasteiger partial charge is 0.369 e. The normalized spacial score (nSPS) is 22.2. The minimum atomic E-state index is -0.381. The molecule has 0 radical (unpaired) electrons. The van der Waals surface area contributed by atoms with Crippen molar-refractivity contribution in [1.29, 1.82) is 0 Å². The summed E-state index contributed by atoms with van der Waals surface area (Å²) in [6, 6.07) is 0. The highest BCUT2D eigenvalue weighted by Gasteiger charge is 2.37. The summed E-state index contributed by atoms with van der Waals surface area (Å²) < 4.78 is 0. The minimum absolute atomic E-state index is 0.238. The van der Waals surface area contributed by atoms with Crippen LogP contribution in [0, 0.1) is 5.41 Å². The zero-order chi connectivity index (χ0) is 9.19. The molecule has 2 N–H and O–H groups in total. The number of ketones is 1. The Kier molecular flexibility index (Phi) is 2.50. The van der Waals surface area contributed by atoms with Gasteiger partial charge in [-0.1, -0.05) is 6.92 Å². The number of primary amides is 1. The van der Waals surface area contributed by atoms with E-state index < -0.39 is 0 Å². The summed E-state index contributed by atoms with van der Waals surface area (Å²) in [7, 11) is 0. The van der Waals surface area contributed by atoms with E-state index in [1.807, 2.05) is 6.92 Å². The quantitative estimate of drug-likeness (QED) is 0.670. The average Bonchev–Trinajstić information content (AvgIpc) is 2.06. The monoisotopic (exact) mass is 169 g/mol. The predicted octanol–water partition coefficient (Wildman–Crippen LogP) is 1.01. The van der Waals surface area contributed by atoms with Crippen LogP contribution in [0.5, 0.6) is 0 Å². The third kappa shape index (κ3) is 1.49. The van der Waals surface area contributed by atoms with Crippen LogP contribution in [0.25, 0.3) is 0 Å². The molecule has 1 aliphatic rings. The van der Waals surface area contributed by atoms with Gasteiger partial charge in [-0.25, -0.2) is 0 Å². The molecule has 0 saturated heterocycles. The highest BCUT2D eigenvalue weighted by atomic mass is 16.1. The molecule has 0 spiro atoms. The zero-order valence-electron chi connectivity index (χ0n) is 7.43. The van der Waals surface area contributed by atoms with Crippen LogP contribution in [-0.4, -0.2) is 11.7 Å². The Balaban J connectivity index is 2.69. The molecule has 0 aromatic heterocycles. The van der Waals surface area contributed by atoms with E-state index in [9.17, 15) is 9.59 Å². The third-order valence-electron chi connectivity index (χ3n) is 2.96. The van der Waals surface area contributed by atoms with E-state index in [1.54, 1.807) is 0 Å². The van der Waals surface area contributed by atoms with Gasteiger partial charge in [0.15, 0.2) is 0 Å². The van der Waals surface area contributed by atoms with Gasteiger partial charge in [0, 0.05) is 18.3 Å². The van der Waals surface area contributed by atoms with Crippen molar-refractivity contribution >= 4 is 11.7 Å². The summed E-state index contributed by atoms with van der Waals surface area (Å²) in [5.74, 6) is 0.0258. The van der Waals surface area contributed by atoms with Gasteiger partial charge in [-0.15, -0.1) is 0 Å². The SMILES string of the molecule is CCC1(C(N)=O)CCC(=O)CC1. The lowest BCUT2D eigenvalue weighted by Gasteiger charge is -2.32. The first-order valence-electron chi connectivity index (χ1n) is 4.42. The standard InChI is InChI=1S/C9H15NO2/c1-2-9(8(10)12)5-3-7(11)4-6-9/h2-6H2,1H3,(H2,10,12). The van der Waals surface area contributed by atoms with Gasteiger partial charge in [-0.3, -0.25) is 9.59 Å². The van der Waals surface area contributed by atoms with Crippen molar-refractivity contribution in [3.8, 4) is 0 Å². The topological polar surface area (TPSA) is 60.2 Å². The Morgan fingerprint density at radius 2 is 2.00 bits per heavy atom. The number of carbonyl (C=O) groups is 2. The highest BCUT2D eigenvalue weighted by Crippen LogP contribution is 2.37. The van der Waals surface area contributed by atoms with E-state index in [4.69, 9.17) is 5.73 Å². The fraction of sp³-hybridized carbons (Fsp3) is 0.778. The molecular formula is C9H15NO2. The maximum Gasteiger partial charge on any atom is 0.223 e. The van der Waals surface area contributed by atoms with Gasteiger partial charge in [0.1, 0.15) is 5.78 Å². The van der Waals surface area contributed by atoms with E-state index in [1.165, 1.54) is 0 Å². The van der Waals surface area contributed by atoms with Crippen molar-refractivity contribution < 1.29 is 9.59 Å². The van der Waals surface area contributed by atoms with Gasteiger partial charge in [0.25, 0.3) is 0 Å². The van der Waals surface area contributed by atoms with Crippen molar-refractivity contribution in [3.05, 3.63) is 0 Å². The molecule has 0 atom stereocenters. The van der Waals surface area contributed by atoms with Crippen LogP contribution in [-0.2, 0) is 9.59 Å². The minimum Gasteiger partial charge on any atom is -0.369 e. The Hall–Kier alpha value is -0.860.